The zero-order valence-corrected chi connectivity index (χ0v) is 7.37. The smallest absolute Gasteiger partial charge is 0.00948 e. The van der Waals surface area contributed by atoms with E-state index >= 15 is 0 Å². The maximum absolute atomic E-state index is 3.22. The molecule has 12 heavy (non-hydrogen) atoms. The molecule has 0 bridgehead atoms. The number of hydrogen-bond donors (Lipinski definition) is 0. The molecule has 0 nitrogen and oxygen atoms in total. The Labute approximate surface area is 75.0 Å². The summed E-state index contributed by atoms with van der Waals surface area (Å²) in [6, 6.07) is 0. The fourth-order valence-electron chi connectivity index (χ4n) is 1.03. The Kier molecular flexibility index (Phi) is 5.02. The largest absolute Gasteiger partial charge is 0.0879 e. The fourth-order valence-corrected chi connectivity index (χ4v) is 1.03. The Morgan fingerprint density at radius 1 is 0.833 bits per heavy atom. The van der Waals surface area contributed by atoms with Gasteiger partial charge in [-0.15, -0.1) is 0 Å². The van der Waals surface area contributed by atoms with E-state index in [-0.39, 0.29) is 0 Å². The molecule has 0 fully saturated rings. The van der Waals surface area contributed by atoms with Gasteiger partial charge >= 0.3 is 0 Å². The summed E-state index contributed by atoms with van der Waals surface area (Å²) in [6.07, 6.45) is 22.5. The van der Waals surface area contributed by atoms with Crippen molar-refractivity contribution >= 4 is 0 Å². The van der Waals surface area contributed by atoms with Crippen LogP contribution >= 0.6 is 0 Å². The van der Waals surface area contributed by atoms with Crippen molar-refractivity contribution in [1.82, 2.24) is 0 Å². The highest BCUT2D eigenvalue weighted by molar-refractivity contribution is 5.06. The van der Waals surface area contributed by atoms with E-state index in [9.17, 15) is 0 Å². The standard InChI is InChI=1S/C12H15/c1-2-4-6-8-10-12-11-9-7-5-3-1/h1-4,7,9-10H,5-6,11-12H2/b3-1-,4-2+,9-7-,10-8?. The van der Waals surface area contributed by atoms with Crippen molar-refractivity contribution in [2.45, 2.75) is 25.7 Å². The molecule has 0 N–H and O–H groups in total. The molecule has 1 rings (SSSR count). The molecule has 0 spiro atoms. The van der Waals surface area contributed by atoms with E-state index in [0.717, 1.165) is 25.7 Å². The second-order valence-electron chi connectivity index (χ2n) is 2.75. The minimum atomic E-state index is 0.939. The van der Waals surface area contributed by atoms with Gasteiger partial charge in [0.25, 0.3) is 0 Å². The van der Waals surface area contributed by atoms with Crippen molar-refractivity contribution in [3.05, 3.63) is 48.6 Å². The molecule has 1 radical (unpaired) electrons. The Hall–Kier alpha value is -1.04. The van der Waals surface area contributed by atoms with Gasteiger partial charge in [0, 0.05) is 0 Å². The van der Waals surface area contributed by atoms with Crippen LogP contribution in [0.3, 0.4) is 0 Å². The molecule has 0 aromatic rings. The Bertz CT molecular complexity index is 180. The van der Waals surface area contributed by atoms with Crippen molar-refractivity contribution in [1.29, 1.82) is 0 Å². The topological polar surface area (TPSA) is 0 Å². The lowest BCUT2D eigenvalue weighted by Gasteiger charge is -1.87. The molecule has 1 aliphatic carbocycles. The highest BCUT2D eigenvalue weighted by Gasteiger charge is 1.78. The van der Waals surface area contributed by atoms with Crippen LogP contribution in [0.1, 0.15) is 25.7 Å². The molecule has 0 aromatic heterocycles. The molecular weight excluding hydrogens is 144 g/mol. The molecule has 63 valence electrons. The third-order valence-electron chi connectivity index (χ3n) is 1.68. The number of hydrogen-bond acceptors (Lipinski definition) is 0. The SMILES string of the molecule is [C]1=C\CC/C=C\C/C=C\C=C\C/1. The van der Waals surface area contributed by atoms with Gasteiger partial charge in [0.1, 0.15) is 0 Å². The van der Waals surface area contributed by atoms with Crippen LogP contribution in [0.5, 0.6) is 0 Å². The summed E-state index contributed by atoms with van der Waals surface area (Å²) in [5.74, 6) is 0. The average Bonchev–Trinajstić information content (AvgIpc) is 2.05. The second kappa shape index (κ2) is 6.66. The van der Waals surface area contributed by atoms with Gasteiger partial charge in [-0.25, -0.2) is 0 Å². The van der Waals surface area contributed by atoms with Gasteiger partial charge in [0.05, 0.1) is 0 Å². The van der Waals surface area contributed by atoms with Crippen LogP contribution in [0.4, 0.5) is 0 Å². The summed E-state index contributed by atoms with van der Waals surface area (Å²) in [7, 11) is 0. The number of rotatable bonds is 0. The van der Waals surface area contributed by atoms with Gasteiger partial charge < -0.3 is 0 Å². The minimum Gasteiger partial charge on any atom is -0.0879 e. The molecule has 0 heterocycles. The van der Waals surface area contributed by atoms with E-state index in [0.29, 0.717) is 0 Å². The fraction of sp³-hybridized carbons (Fsp3) is 0.333. The molecule has 0 amide bonds. The summed E-state index contributed by atoms with van der Waals surface area (Å²) in [5, 5.41) is 0. The molecule has 0 atom stereocenters. The van der Waals surface area contributed by atoms with Crippen LogP contribution in [-0.4, -0.2) is 0 Å². The quantitative estimate of drug-likeness (QED) is 0.474. The maximum Gasteiger partial charge on any atom is -0.00948 e. The van der Waals surface area contributed by atoms with Crippen LogP contribution in [0.2, 0.25) is 0 Å². The molecule has 0 saturated heterocycles. The minimum absolute atomic E-state index is 0.939. The van der Waals surface area contributed by atoms with Crippen molar-refractivity contribution in [2.24, 2.45) is 0 Å². The first kappa shape index (κ1) is 9.05. The van der Waals surface area contributed by atoms with Crippen LogP contribution < -0.4 is 0 Å². The zero-order chi connectivity index (χ0) is 8.49. The zero-order valence-electron chi connectivity index (χ0n) is 7.37. The summed E-state index contributed by atoms with van der Waals surface area (Å²) in [4.78, 5) is 0. The predicted molar refractivity (Wildman–Crippen MR) is 53.7 cm³/mol. The first-order chi connectivity index (χ1) is 6.00. The molecular formula is C12H15. The monoisotopic (exact) mass is 159 g/mol. The van der Waals surface area contributed by atoms with Gasteiger partial charge in [-0.05, 0) is 31.8 Å². The highest BCUT2D eigenvalue weighted by atomic mass is 13.8. The summed E-state index contributed by atoms with van der Waals surface area (Å²) in [5.41, 5.74) is 0. The van der Waals surface area contributed by atoms with E-state index in [1.807, 2.05) is 0 Å². The summed E-state index contributed by atoms with van der Waals surface area (Å²) in [6.45, 7) is 0. The van der Waals surface area contributed by atoms with Crippen molar-refractivity contribution in [3.8, 4) is 0 Å². The summed E-state index contributed by atoms with van der Waals surface area (Å²) >= 11 is 0. The predicted octanol–water partition coefficient (Wildman–Crippen LogP) is 3.59. The highest BCUT2D eigenvalue weighted by Crippen LogP contribution is 1.98. The molecule has 0 aliphatic heterocycles. The van der Waals surface area contributed by atoms with E-state index in [1.54, 1.807) is 0 Å². The van der Waals surface area contributed by atoms with Gasteiger partial charge in [0.2, 0.25) is 0 Å². The van der Waals surface area contributed by atoms with Gasteiger partial charge in [-0.3, -0.25) is 0 Å². The second-order valence-corrected chi connectivity index (χ2v) is 2.75. The van der Waals surface area contributed by atoms with E-state index in [1.165, 1.54) is 0 Å². The van der Waals surface area contributed by atoms with Crippen molar-refractivity contribution < 1.29 is 0 Å². The average molecular weight is 159 g/mol. The lowest BCUT2D eigenvalue weighted by atomic mass is 10.2. The molecule has 0 aromatic carbocycles. The van der Waals surface area contributed by atoms with E-state index in [2.05, 4.69) is 48.6 Å². The molecule has 1 aliphatic rings. The third-order valence-corrected chi connectivity index (χ3v) is 1.68. The molecule has 0 saturated carbocycles. The maximum atomic E-state index is 3.22. The van der Waals surface area contributed by atoms with Crippen LogP contribution in [0, 0.1) is 6.08 Å². The Balaban J connectivity index is 2.41. The first-order valence-electron chi connectivity index (χ1n) is 4.52. The third kappa shape index (κ3) is 4.73. The van der Waals surface area contributed by atoms with Gasteiger partial charge in [0.15, 0.2) is 0 Å². The Morgan fingerprint density at radius 3 is 2.75 bits per heavy atom. The van der Waals surface area contributed by atoms with Gasteiger partial charge in [-0.2, -0.15) is 0 Å². The van der Waals surface area contributed by atoms with Crippen molar-refractivity contribution in [3.63, 3.8) is 0 Å². The summed E-state index contributed by atoms with van der Waals surface area (Å²) < 4.78 is 0. The van der Waals surface area contributed by atoms with Gasteiger partial charge in [-0.1, -0.05) is 42.5 Å². The normalized spacial score (nSPS) is 29.3. The Morgan fingerprint density at radius 2 is 1.75 bits per heavy atom. The first-order valence-corrected chi connectivity index (χ1v) is 4.52. The van der Waals surface area contributed by atoms with E-state index in [4.69, 9.17) is 0 Å². The molecule has 0 unspecified atom stereocenters. The van der Waals surface area contributed by atoms with Crippen molar-refractivity contribution in [2.75, 3.05) is 0 Å². The lowest BCUT2D eigenvalue weighted by molar-refractivity contribution is 1.03. The number of allylic oxidation sites excluding steroid dienone is 8. The van der Waals surface area contributed by atoms with E-state index < -0.39 is 0 Å². The van der Waals surface area contributed by atoms with Crippen LogP contribution in [-0.2, 0) is 0 Å². The van der Waals surface area contributed by atoms with Crippen LogP contribution in [0.15, 0.2) is 42.5 Å². The lowest BCUT2D eigenvalue weighted by Crippen LogP contribution is -1.68. The molecule has 0 heteroatoms. The van der Waals surface area contributed by atoms with Crippen LogP contribution in [0.25, 0.3) is 0 Å².